The standard InChI is InChI=1S/C19H13FN8O4/c20-12-3-1-2-10(6-12)8-22-24-19(29)15-16(11-4-5-13-14(7-11)31-9-30-13)28(27-23-15)18-17(21)25-32-26-18/h1-8H,9H2,(H2,21,25)(H,24,29)/b22-8+. The van der Waals surface area contributed by atoms with E-state index in [1.165, 1.54) is 29.1 Å². The lowest BCUT2D eigenvalue weighted by atomic mass is 10.1. The van der Waals surface area contributed by atoms with E-state index in [0.717, 1.165) is 0 Å². The molecule has 0 saturated carbocycles. The number of benzene rings is 2. The zero-order valence-electron chi connectivity index (χ0n) is 16.1. The number of rotatable bonds is 5. The molecule has 13 heteroatoms. The molecule has 0 atom stereocenters. The third-order valence-electron chi connectivity index (χ3n) is 4.46. The van der Waals surface area contributed by atoms with Gasteiger partial charge in [-0.2, -0.15) is 9.78 Å². The number of hydrazone groups is 1. The summed E-state index contributed by atoms with van der Waals surface area (Å²) in [6, 6.07) is 10.8. The first-order valence-electron chi connectivity index (χ1n) is 9.13. The summed E-state index contributed by atoms with van der Waals surface area (Å²) in [7, 11) is 0. The summed E-state index contributed by atoms with van der Waals surface area (Å²) < 4.78 is 29.9. The summed E-state index contributed by atoms with van der Waals surface area (Å²) in [6.45, 7) is 0.0819. The van der Waals surface area contributed by atoms with Crippen molar-refractivity contribution in [2.75, 3.05) is 12.5 Å². The average Bonchev–Trinajstić information content (AvgIpc) is 3.52. The highest BCUT2D eigenvalue weighted by molar-refractivity contribution is 5.99. The molecular formula is C19H13FN8O4. The van der Waals surface area contributed by atoms with Gasteiger partial charge in [-0.05, 0) is 46.2 Å². The highest BCUT2D eigenvalue weighted by Gasteiger charge is 2.26. The molecule has 4 aromatic rings. The Labute approximate surface area is 178 Å². The third kappa shape index (κ3) is 3.47. The molecule has 2 aromatic heterocycles. The highest BCUT2D eigenvalue weighted by atomic mass is 19.1. The summed E-state index contributed by atoms with van der Waals surface area (Å²) in [5.41, 5.74) is 9.28. The second kappa shape index (κ2) is 7.79. The number of anilines is 1. The van der Waals surface area contributed by atoms with E-state index in [-0.39, 0.29) is 29.8 Å². The Balaban J connectivity index is 1.51. The van der Waals surface area contributed by atoms with Crippen LogP contribution in [0.3, 0.4) is 0 Å². The number of aromatic nitrogens is 5. The van der Waals surface area contributed by atoms with Crippen molar-refractivity contribution in [3.63, 3.8) is 0 Å². The minimum atomic E-state index is -0.674. The number of halogens is 1. The van der Waals surface area contributed by atoms with E-state index in [0.29, 0.717) is 22.6 Å². The second-order valence-electron chi connectivity index (χ2n) is 6.49. The molecule has 1 amide bonds. The van der Waals surface area contributed by atoms with Gasteiger partial charge in [-0.1, -0.05) is 17.3 Å². The fraction of sp³-hybridized carbons (Fsp3) is 0.0526. The molecule has 0 unspecified atom stereocenters. The number of nitrogens with two attached hydrogens (primary N) is 1. The zero-order chi connectivity index (χ0) is 22.1. The van der Waals surface area contributed by atoms with Crippen LogP contribution >= 0.6 is 0 Å². The number of ether oxygens (including phenoxy) is 2. The molecule has 0 aliphatic carbocycles. The largest absolute Gasteiger partial charge is 0.454 e. The van der Waals surface area contributed by atoms with Crippen molar-refractivity contribution in [1.82, 2.24) is 30.7 Å². The van der Waals surface area contributed by atoms with Crippen LogP contribution in [0.4, 0.5) is 10.2 Å². The first-order chi connectivity index (χ1) is 15.6. The van der Waals surface area contributed by atoms with Crippen LogP contribution in [-0.4, -0.2) is 44.2 Å². The van der Waals surface area contributed by atoms with Crippen LogP contribution in [0.1, 0.15) is 16.1 Å². The van der Waals surface area contributed by atoms with E-state index in [9.17, 15) is 9.18 Å². The van der Waals surface area contributed by atoms with Gasteiger partial charge in [0.05, 0.1) is 6.21 Å². The summed E-state index contributed by atoms with van der Waals surface area (Å²) >= 11 is 0. The SMILES string of the molecule is Nc1nonc1-n1nnc(C(=O)N/N=C/c2cccc(F)c2)c1-c1ccc2c(c1)OCO2. The lowest BCUT2D eigenvalue weighted by Crippen LogP contribution is -2.19. The molecule has 3 heterocycles. The van der Waals surface area contributed by atoms with Crippen molar-refractivity contribution in [2.24, 2.45) is 5.10 Å². The van der Waals surface area contributed by atoms with E-state index in [1.54, 1.807) is 24.3 Å². The molecular weight excluding hydrogens is 423 g/mol. The number of nitrogens with one attached hydrogen (secondary N) is 1. The number of nitrogens with zero attached hydrogens (tertiary/aromatic N) is 6. The molecule has 32 heavy (non-hydrogen) atoms. The van der Waals surface area contributed by atoms with Gasteiger partial charge in [-0.3, -0.25) is 4.79 Å². The van der Waals surface area contributed by atoms with Crippen LogP contribution in [0.15, 0.2) is 52.2 Å². The number of hydrogen-bond donors (Lipinski definition) is 2. The molecule has 160 valence electrons. The number of carbonyl (C=O) groups is 1. The third-order valence-corrected chi connectivity index (χ3v) is 4.46. The molecule has 1 aliphatic heterocycles. The lowest BCUT2D eigenvalue weighted by molar-refractivity contribution is 0.0950. The molecule has 2 aromatic carbocycles. The van der Waals surface area contributed by atoms with Crippen molar-refractivity contribution < 1.29 is 23.3 Å². The zero-order valence-corrected chi connectivity index (χ0v) is 16.1. The molecule has 0 spiro atoms. The van der Waals surface area contributed by atoms with E-state index >= 15 is 0 Å². The number of hydrogen-bond acceptors (Lipinski definition) is 10. The Morgan fingerprint density at radius 1 is 1.19 bits per heavy atom. The Kier molecular flexibility index (Phi) is 4.67. The van der Waals surface area contributed by atoms with Crippen LogP contribution in [0.25, 0.3) is 17.1 Å². The Morgan fingerprint density at radius 2 is 2.06 bits per heavy atom. The van der Waals surface area contributed by atoms with Gasteiger partial charge in [0.2, 0.25) is 18.4 Å². The predicted octanol–water partition coefficient (Wildman–Crippen LogP) is 1.53. The van der Waals surface area contributed by atoms with Crippen molar-refractivity contribution in [2.45, 2.75) is 0 Å². The summed E-state index contributed by atoms with van der Waals surface area (Å²) in [5.74, 6) is -0.0581. The summed E-state index contributed by atoms with van der Waals surface area (Å²) in [5, 5.41) is 19.0. The second-order valence-corrected chi connectivity index (χ2v) is 6.49. The van der Waals surface area contributed by atoms with Crippen LogP contribution in [0, 0.1) is 5.82 Å². The van der Waals surface area contributed by atoms with E-state index < -0.39 is 11.7 Å². The van der Waals surface area contributed by atoms with Gasteiger partial charge in [-0.25, -0.2) is 14.4 Å². The Morgan fingerprint density at radius 3 is 2.88 bits per heavy atom. The maximum absolute atomic E-state index is 13.3. The first kappa shape index (κ1) is 19.2. The van der Waals surface area contributed by atoms with E-state index in [2.05, 4.69) is 35.8 Å². The molecule has 3 N–H and O–H groups in total. The van der Waals surface area contributed by atoms with Gasteiger partial charge in [-0.15, -0.1) is 5.10 Å². The van der Waals surface area contributed by atoms with Gasteiger partial charge in [0.1, 0.15) is 11.5 Å². The summed E-state index contributed by atoms with van der Waals surface area (Å²) in [4.78, 5) is 12.8. The number of amides is 1. The molecule has 5 rings (SSSR count). The van der Waals surface area contributed by atoms with E-state index in [4.69, 9.17) is 15.2 Å². The fourth-order valence-electron chi connectivity index (χ4n) is 3.03. The highest BCUT2D eigenvalue weighted by Crippen LogP contribution is 2.37. The van der Waals surface area contributed by atoms with Crippen LogP contribution in [0.5, 0.6) is 11.5 Å². The van der Waals surface area contributed by atoms with E-state index in [1.807, 2.05) is 0 Å². The van der Waals surface area contributed by atoms with Gasteiger partial charge < -0.3 is 15.2 Å². The summed E-state index contributed by atoms with van der Waals surface area (Å²) in [6.07, 6.45) is 1.30. The van der Waals surface area contributed by atoms with Crippen molar-refractivity contribution in [3.8, 4) is 28.6 Å². The van der Waals surface area contributed by atoms with Gasteiger partial charge in [0.25, 0.3) is 5.91 Å². The average molecular weight is 436 g/mol. The van der Waals surface area contributed by atoms with Crippen molar-refractivity contribution >= 4 is 17.9 Å². The quantitative estimate of drug-likeness (QED) is 0.350. The number of carbonyl (C=O) groups excluding carboxylic acids is 1. The first-order valence-corrected chi connectivity index (χ1v) is 9.13. The van der Waals surface area contributed by atoms with Crippen molar-refractivity contribution in [1.29, 1.82) is 0 Å². The Hall–Kier alpha value is -4.81. The fourth-order valence-corrected chi connectivity index (χ4v) is 3.03. The molecule has 0 bridgehead atoms. The minimum Gasteiger partial charge on any atom is -0.454 e. The maximum atomic E-state index is 13.3. The van der Waals surface area contributed by atoms with Gasteiger partial charge >= 0.3 is 0 Å². The minimum absolute atomic E-state index is 0.0482. The molecule has 12 nitrogen and oxygen atoms in total. The van der Waals surface area contributed by atoms with Gasteiger partial charge in [0.15, 0.2) is 17.2 Å². The van der Waals surface area contributed by atoms with Crippen LogP contribution in [0.2, 0.25) is 0 Å². The molecule has 0 fully saturated rings. The molecule has 1 aliphatic rings. The predicted molar refractivity (Wildman–Crippen MR) is 107 cm³/mol. The number of fused-ring (bicyclic) bond motifs is 1. The molecule has 0 saturated heterocycles. The number of nitrogen functional groups attached to an aromatic ring is 1. The lowest BCUT2D eigenvalue weighted by Gasteiger charge is -2.07. The monoisotopic (exact) mass is 436 g/mol. The smallest absolute Gasteiger partial charge is 0.294 e. The van der Waals surface area contributed by atoms with Crippen LogP contribution in [-0.2, 0) is 0 Å². The van der Waals surface area contributed by atoms with Crippen molar-refractivity contribution in [3.05, 3.63) is 59.5 Å². The normalized spacial score (nSPS) is 12.4. The maximum Gasteiger partial charge on any atom is 0.294 e. The van der Waals surface area contributed by atoms with Crippen LogP contribution < -0.4 is 20.6 Å². The molecule has 0 radical (unpaired) electrons. The topological polar surface area (TPSA) is 156 Å². The van der Waals surface area contributed by atoms with Gasteiger partial charge in [0, 0.05) is 5.56 Å². The Bertz CT molecular complexity index is 1350.